The van der Waals surface area contributed by atoms with E-state index in [9.17, 15) is 14.7 Å². The summed E-state index contributed by atoms with van der Waals surface area (Å²) in [5, 5.41) is 31.6. The standard InChI is InChI=1S/C22H24N4O2.2C21H24N4.C20H20N4O2/c1-5-16-9-17(11-18(10-16)21(27)28)12-19-23-15(4)24-22(25-19)26-20-13(2)7-6-8-14(20)3;2*1-5-17-10-7-11-18(12-17)13-19-22-16(4)23-21(24-19)25-20-14(2)8-6-9-15(20)3;1-3-14-6-4-7-15(10-14)11-18-21-13(2)22-20(24-18)23-17-9-5-8-16(12-17)19(25)26/h6-11H,5,12H2,1-4H3,(H,27,28)(H,23,24,25,26);2*6-12H,5,13H2,1-4H3,(H,22,23,24,25);4-10,12H,3,11H2,1-2H3,(H,25,26)(H,21,22,23,24). The number of carbonyl (C=O) groups is 2. The van der Waals surface area contributed by atoms with Gasteiger partial charge in [0.25, 0.3) is 0 Å². The molecule has 12 rings (SSSR count). The summed E-state index contributed by atoms with van der Waals surface area (Å²) in [5.41, 5.74) is 20.5. The van der Waals surface area contributed by atoms with Crippen LogP contribution in [0.4, 0.5) is 46.5 Å². The highest BCUT2D eigenvalue weighted by molar-refractivity contribution is 5.89. The van der Waals surface area contributed by atoms with Crippen molar-refractivity contribution in [1.29, 1.82) is 0 Å². The predicted molar refractivity (Wildman–Crippen MR) is 414 cm³/mol. The van der Waals surface area contributed by atoms with E-state index in [1.54, 1.807) is 30.3 Å². The molecule has 0 atom stereocenters. The average molecular weight is 1390 g/mol. The van der Waals surface area contributed by atoms with E-state index in [1.807, 2.05) is 78.8 Å². The highest BCUT2D eigenvalue weighted by Gasteiger charge is 2.16. The number of anilines is 8. The zero-order valence-electron chi connectivity index (χ0n) is 61.9. The minimum Gasteiger partial charge on any atom is -0.478 e. The van der Waals surface area contributed by atoms with Crippen molar-refractivity contribution >= 4 is 58.5 Å². The monoisotopic (exact) mass is 1390 g/mol. The topological polar surface area (TPSA) is 277 Å². The number of hydrogen-bond acceptors (Lipinski definition) is 18. The molecule has 0 radical (unpaired) electrons. The number of carboxylic acids is 2. The van der Waals surface area contributed by atoms with Gasteiger partial charge in [0.15, 0.2) is 0 Å². The first-order valence-electron chi connectivity index (χ1n) is 35.0. The Bertz CT molecular complexity index is 4770. The number of carboxylic acid groups (broad SMARTS) is 2. The molecule has 20 heteroatoms. The van der Waals surface area contributed by atoms with Crippen molar-refractivity contribution in [3.05, 3.63) is 305 Å². The van der Waals surface area contributed by atoms with Crippen LogP contribution >= 0.6 is 0 Å². The van der Waals surface area contributed by atoms with E-state index in [-0.39, 0.29) is 11.1 Å². The van der Waals surface area contributed by atoms with Gasteiger partial charge in [0.05, 0.1) is 11.1 Å². The smallest absolute Gasteiger partial charge is 0.335 e. The summed E-state index contributed by atoms with van der Waals surface area (Å²) in [5.74, 6) is 5.72. The molecule has 104 heavy (non-hydrogen) atoms. The third kappa shape index (κ3) is 22.5. The molecule has 0 bridgehead atoms. The summed E-state index contributed by atoms with van der Waals surface area (Å²) < 4.78 is 0. The molecule has 20 nitrogen and oxygen atoms in total. The van der Waals surface area contributed by atoms with Crippen molar-refractivity contribution in [1.82, 2.24) is 59.8 Å². The van der Waals surface area contributed by atoms with E-state index in [1.165, 1.54) is 56.1 Å². The Morgan fingerprint density at radius 1 is 0.279 bits per heavy atom. The summed E-state index contributed by atoms with van der Waals surface area (Å²) in [6.07, 6.45) is 6.28. The summed E-state index contributed by atoms with van der Waals surface area (Å²) in [6, 6.07) is 56.0. The van der Waals surface area contributed by atoms with Gasteiger partial charge in [0, 0.05) is 48.4 Å². The maximum Gasteiger partial charge on any atom is 0.335 e. The summed E-state index contributed by atoms with van der Waals surface area (Å²) >= 11 is 0. The van der Waals surface area contributed by atoms with Crippen molar-refractivity contribution in [2.75, 3.05) is 21.3 Å². The second kappa shape index (κ2) is 36.5. The minimum absolute atomic E-state index is 0.206. The maximum absolute atomic E-state index is 11.4. The normalized spacial score (nSPS) is 10.7. The molecule has 4 aromatic heterocycles. The lowest BCUT2D eigenvalue weighted by atomic mass is 10.0. The fraction of sp³-hybridized carbons (Fsp3) is 0.262. The lowest BCUT2D eigenvalue weighted by molar-refractivity contribution is 0.0686. The Balaban J connectivity index is 0.000000161. The van der Waals surface area contributed by atoms with Gasteiger partial charge in [-0.25, -0.2) is 29.5 Å². The lowest BCUT2D eigenvalue weighted by Gasteiger charge is -2.12. The Morgan fingerprint density at radius 2 is 0.548 bits per heavy atom. The zero-order valence-corrected chi connectivity index (χ0v) is 61.9. The van der Waals surface area contributed by atoms with E-state index >= 15 is 0 Å². The molecule has 0 saturated carbocycles. The molecule has 0 aliphatic carbocycles. The lowest BCUT2D eigenvalue weighted by Crippen LogP contribution is -2.08. The molecule has 0 spiro atoms. The molecular weight excluding hydrogens is 1300 g/mol. The first-order chi connectivity index (χ1) is 50.0. The Hall–Kier alpha value is -12.1. The molecule has 0 aliphatic rings. The van der Waals surface area contributed by atoms with Crippen molar-refractivity contribution < 1.29 is 19.8 Å². The van der Waals surface area contributed by atoms with Gasteiger partial charge < -0.3 is 31.5 Å². The van der Waals surface area contributed by atoms with E-state index in [2.05, 4.69) is 233 Å². The van der Waals surface area contributed by atoms with E-state index in [0.29, 0.717) is 78.5 Å². The van der Waals surface area contributed by atoms with E-state index in [4.69, 9.17) is 5.11 Å². The average Bonchev–Trinajstić information content (AvgIpc) is 0.843. The third-order valence-electron chi connectivity index (χ3n) is 17.0. The molecule has 6 N–H and O–H groups in total. The van der Waals surface area contributed by atoms with Gasteiger partial charge in [-0.1, -0.05) is 167 Å². The fourth-order valence-electron chi connectivity index (χ4n) is 11.7. The molecular formula is C84H92N16O4. The molecule has 8 aromatic carbocycles. The second-order valence-electron chi connectivity index (χ2n) is 25.6. The second-order valence-corrected chi connectivity index (χ2v) is 25.6. The number of rotatable bonds is 22. The van der Waals surface area contributed by atoms with Gasteiger partial charge in [-0.2, -0.15) is 39.9 Å². The number of para-hydroxylation sites is 3. The number of aromatic nitrogens is 12. The van der Waals surface area contributed by atoms with Crippen molar-refractivity contribution in [3.8, 4) is 0 Å². The molecule has 0 saturated heterocycles. The predicted octanol–water partition coefficient (Wildman–Crippen LogP) is 17.6. The van der Waals surface area contributed by atoms with Crippen molar-refractivity contribution in [3.63, 3.8) is 0 Å². The fourth-order valence-corrected chi connectivity index (χ4v) is 11.7. The quantitative estimate of drug-likeness (QED) is 0.0368. The van der Waals surface area contributed by atoms with Crippen LogP contribution in [-0.2, 0) is 51.4 Å². The Kier molecular flexibility index (Phi) is 26.7. The van der Waals surface area contributed by atoms with Gasteiger partial charge in [-0.15, -0.1) is 0 Å². The molecule has 0 fully saturated rings. The number of hydrogen-bond donors (Lipinski definition) is 6. The molecule has 532 valence electrons. The molecule has 4 heterocycles. The van der Waals surface area contributed by atoms with Crippen LogP contribution in [0.1, 0.15) is 173 Å². The van der Waals surface area contributed by atoms with Crippen LogP contribution < -0.4 is 21.3 Å². The van der Waals surface area contributed by atoms with Crippen LogP contribution in [0, 0.1) is 69.2 Å². The van der Waals surface area contributed by atoms with Gasteiger partial charge in [0.2, 0.25) is 23.8 Å². The molecule has 0 aliphatic heterocycles. The Morgan fingerprint density at radius 3 is 0.865 bits per heavy atom. The highest BCUT2D eigenvalue weighted by atomic mass is 16.4. The number of nitrogens with one attached hydrogen (secondary N) is 4. The summed E-state index contributed by atoms with van der Waals surface area (Å²) in [7, 11) is 0. The van der Waals surface area contributed by atoms with Gasteiger partial charge >= 0.3 is 11.9 Å². The number of aryl methyl sites for hydroxylation is 14. The van der Waals surface area contributed by atoms with E-state index in [0.717, 1.165) is 93.9 Å². The highest BCUT2D eigenvalue weighted by Crippen LogP contribution is 2.27. The maximum atomic E-state index is 11.4. The van der Waals surface area contributed by atoms with Crippen LogP contribution in [0.5, 0.6) is 0 Å². The van der Waals surface area contributed by atoms with Crippen LogP contribution in [0.25, 0.3) is 0 Å². The zero-order chi connectivity index (χ0) is 74.4. The summed E-state index contributed by atoms with van der Waals surface area (Å²) in [4.78, 5) is 76.3. The Labute approximate surface area is 610 Å². The third-order valence-corrected chi connectivity index (χ3v) is 17.0. The van der Waals surface area contributed by atoms with Gasteiger partial charge in [-0.05, 0) is 203 Å². The van der Waals surface area contributed by atoms with E-state index < -0.39 is 11.9 Å². The van der Waals surface area contributed by atoms with Crippen LogP contribution in [0.2, 0.25) is 0 Å². The number of aromatic carboxylic acids is 2. The summed E-state index contributed by atoms with van der Waals surface area (Å²) in [6.45, 7) is 28.3. The number of nitrogens with zero attached hydrogens (tertiary/aromatic N) is 12. The molecule has 12 aromatic rings. The van der Waals surface area contributed by atoms with Crippen LogP contribution in [-0.4, -0.2) is 82.0 Å². The largest absolute Gasteiger partial charge is 0.478 e. The minimum atomic E-state index is -0.975. The van der Waals surface area contributed by atoms with Gasteiger partial charge in [-0.3, -0.25) is 0 Å². The SMILES string of the molecule is CCc1cc(Cc2nc(C)nc(Nc3c(C)cccc3C)n2)cc(C(=O)O)c1.CCc1cccc(Cc2nc(C)nc(Nc3c(C)cccc3C)n2)c1.CCc1cccc(Cc2nc(C)nc(Nc3c(C)cccc3C)n2)c1.CCc1cccc(Cc2nc(C)nc(Nc3cccc(C(=O)O)c3)n2)c1. The van der Waals surface area contributed by atoms with Crippen LogP contribution in [0.15, 0.2) is 170 Å². The van der Waals surface area contributed by atoms with Crippen LogP contribution in [0.3, 0.4) is 0 Å². The first-order valence-corrected chi connectivity index (χ1v) is 35.0. The molecule has 0 unspecified atom stereocenters. The van der Waals surface area contributed by atoms with Crippen molar-refractivity contribution in [2.24, 2.45) is 0 Å². The van der Waals surface area contributed by atoms with Gasteiger partial charge in [0.1, 0.15) is 46.6 Å². The van der Waals surface area contributed by atoms with Crippen molar-refractivity contribution in [2.45, 2.75) is 148 Å². The molecule has 0 amide bonds. The first kappa shape index (κ1) is 76.1. The number of benzene rings is 8.